The first-order valence-electron chi connectivity index (χ1n) is 6.49. The van der Waals surface area contributed by atoms with Crippen molar-refractivity contribution in [1.82, 2.24) is 14.9 Å². The fourth-order valence-electron chi connectivity index (χ4n) is 2.06. The molecule has 1 aromatic rings. The van der Waals surface area contributed by atoms with E-state index in [1.807, 2.05) is 0 Å². The van der Waals surface area contributed by atoms with Crippen LogP contribution in [-0.4, -0.2) is 40.4 Å². The lowest BCUT2D eigenvalue weighted by Crippen LogP contribution is -2.29. The molecule has 0 spiro atoms. The predicted molar refractivity (Wildman–Crippen MR) is 71.0 cm³/mol. The van der Waals surface area contributed by atoms with Crippen LogP contribution in [0.2, 0.25) is 5.15 Å². The molecule has 1 saturated heterocycles. The minimum Gasteiger partial charge on any atom is -0.369 e. The molecule has 21 heavy (non-hydrogen) atoms. The van der Waals surface area contributed by atoms with Gasteiger partial charge in [0, 0.05) is 32.1 Å². The summed E-state index contributed by atoms with van der Waals surface area (Å²) in [4.78, 5) is 20.0. The van der Waals surface area contributed by atoms with E-state index in [-0.39, 0.29) is 29.8 Å². The molecule has 5 nitrogen and oxygen atoms in total. The van der Waals surface area contributed by atoms with Gasteiger partial charge in [0.15, 0.2) is 0 Å². The molecule has 1 fully saturated rings. The van der Waals surface area contributed by atoms with Gasteiger partial charge < -0.3 is 10.2 Å². The Morgan fingerprint density at radius 2 is 2.00 bits per heavy atom. The summed E-state index contributed by atoms with van der Waals surface area (Å²) in [5, 5.41) is 2.37. The Labute approximate surface area is 124 Å². The van der Waals surface area contributed by atoms with Crippen molar-refractivity contribution < 1.29 is 18.0 Å². The van der Waals surface area contributed by atoms with Crippen molar-refractivity contribution in [2.24, 2.45) is 0 Å². The minimum atomic E-state index is -4.66. The van der Waals surface area contributed by atoms with Gasteiger partial charge in [0.2, 0.25) is 11.7 Å². The lowest BCUT2D eigenvalue weighted by molar-refractivity contribution is -0.144. The molecule has 9 heteroatoms. The van der Waals surface area contributed by atoms with E-state index in [4.69, 9.17) is 11.6 Å². The summed E-state index contributed by atoms with van der Waals surface area (Å²) in [5.41, 5.74) is 0. The summed E-state index contributed by atoms with van der Waals surface area (Å²) >= 11 is 5.53. The molecule has 0 saturated carbocycles. The molecule has 0 aromatic carbocycles. The van der Waals surface area contributed by atoms with Crippen LogP contribution in [0, 0.1) is 0 Å². The van der Waals surface area contributed by atoms with Crippen LogP contribution in [0.1, 0.15) is 25.1 Å². The molecule has 1 aliphatic heterocycles. The lowest BCUT2D eigenvalue weighted by Gasteiger charge is -2.15. The van der Waals surface area contributed by atoms with E-state index in [0.717, 1.165) is 25.9 Å². The molecular formula is C12H14ClF3N4O. The zero-order valence-electron chi connectivity index (χ0n) is 11.1. The standard InChI is InChI=1S/C12H14ClF3N4O/c13-8-7-9(19-11(18-8)12(14,15)16)17-4-3-10(21)20-5-1-2-6-20/h7H,1-6H2,(H,17,18,19). The van der Waals surface area contributed by atoms with E-state index in [1.165, 1.54) is 6.07 Å². The van der Waals surface area contributed by atoms with E-state index in [0.29, 0.717) is 0 Å². The summed E-state index contributed by atoms with van der Waals surface area (Å²) < 4.78 is 37.6. The molecule has 2 rings (SSSR count). The number of aromatic nitrogens is 2. The fourth-order valence-corrected chi connectivity index (χ4v) is 2.24. The number of hydrogen-bond donors (Lipinski definition) is 1. The first kappa shape index (κ1) is 15.8. The molecule has 0 radical (unpaired) electrons. The number of halogens is 4. The molecule has 0 bridgehead atoms. The van der Waals surface area contributed by atoms with Gasteiger partial charge >= 0.3 is 6.18 Å². The van der Waals surface area contributed by atoms with Crippen LogP contribution >= 0.6 is 11.6 Å². The third kappa shape index (κ3) is 4.45. The second kappa shape index (κ2) is 6.46. The van der Waals surface area contributed by atoms with Crippen molar-refractivity contribution in [2.45, 2.75) is 25.4 Å². The summed E-state index contributed by atoms with van der Waals surface area (Å²) in [6.45, 7) is 1.69. The van der Waals surface area contributed by atoms with Crippen molar-refractivity contribution in [3.63, 3.8) is 0 Å². The topological polar surface area (TPSA) is 58.1 Å². The number of carbonyl (C=O) groups excluding carboxylic acids is 1. The Morgan fingerprint density at radius 1 is 1.33 bits per heavy atom. The number of likely N-dealkylation sites (tertiary alicyclic amines) is 1. The quantitative estimate of drug-likeness (QED) is 0.866. The van der Waals surface area contributed by atoms with Crippen molar-refractivity contribution >= 4 is 23.3 Å². The third-order valence-corrected chi connectivity index (χ3v) is 3.25. The molecule has 1 amide bonds. The normalized spacial score (nSPS) is 15.3. The number of rotatable bonds is 4. The maximum absolute atomic E-state index is 12.5. The van der Waals surface area contributed by atoms with Crippen molar-refractivity contribution in [1.29, 1.82) is 0 Å². The number of amides is 1. The second-order valence-corrected chi connectivity index (χ2v) is 5.05. The first-order valence-corrected chi connectivity index (χ1v) is 6.87. The summed E-state index contributed by atoms with van der Waals surface area (Å²) in [6, 6.07) is 1.19. The van der Waals surface area contributed by atoms with Crippen LogP contribution in [0.5, 0.6) is 0 Å². The van der Waals surface area contributed by atoms with Gasteiger partial charge in [-0.25, -0.2) is 9.97 Å². The van der Waals surface area contributed by atoms with Crippen molar-refractivity contribution in [2.75, 3.05) is 25.0 Å². The molecular weight excluding hydrogens is 309 g/mol. The monoisotopic (exact) mass is 322 g/mol. The Balaban J connectivity index is 1.91. The van der Waals surface area contributed by atoms with Crippen LogP contribution in [-0.2, 0) is 11.0 Å². The summed E-state index contributed by atoms with van der Waals surface area (Å²) in [7, 11) is 0. The highest BCUT2D eigenvalue weighted by Crippen LogP contribution is 2.28. The number of nitrogens with zero attached hydrogens (tertiary/aromatic N) is 3. The van der Waals surface area contributed by atoms with Crippen LogP contribution in [0.15, 0.2) is 6.07 Å². The average Bonchev–Trinajstić information content (AvgIpc) is 2.90. The van der Waals surface area contributed by atoms with Gasteiger partial charge in [-0.3, -0.25) is 4.79 Å². The van der Waals surface area contributed by atoms with Crippen LogP contribution < -0.4 is 5.32 Å². The minimum absolute atomic E-state index is 0.0174. The Hall–Kier alpha value is -1.57. The smallest absolute Gasteiger partial charge is 0.369 e. The van der Waals surface area contributed by atoms with Crippen molar-refractivity contribution in [3.8, 4) is 0 Å². The second-order valence-electron chi connectivity index (χ2n) is 4.66. The summed E-state index contributed by atoms with van der Waals surface area (Å²) in [5.74, 6) is -1.36. The van der Waals surface area contributed by atoms with Gasteiger partial charge in [-0.1, -0.05) is 11.6 Å². The van der Waals surface area contributed by atoms with Gasteiger partial charge in [-0.05, 0) is 12.8 Å². The van der Waals surface area contributed by atoms with E-state index >= 15 is 0 Å². The molecule has 1 N–H and O–H groups in total. The fraction of sp³-hybridized carbons (Fsp3) is 0.583. The third-order valence-electron chi connectivity index (χ3n) is 3.05. The number of anilines is 1. The molecule has 1 aliphatic rings. The molecule has 0 aliphatic carbocycles. The lowest BCUT2D eigenvalue weighted by atomic mass is 10.3. The zero-order chi connectivity index (χ0) is 15.5. The van der Waals surface area contributed by atoms with E-state index in [9.17, 15) is 18.0 Å². The molecule has 2 heterocycles. The highest BCUT2D eigenvalue weighted by molar-refractivity contribution is 6.29. The Morgan fingerprint density at radius 3 is 2.62 bits per heavy atom. The van der Waals surface area contributed by atoms with E-state index in [1.54, 1.807) is 4.90 Å². The number of alkyl halides is 3. The maximum Gasteiger partial charge on any atom is 0.451 e. The highest BCUT2D eigenvalue weighted by atomic mass is 35.5. The van der Waals surface area contributed by atoms with Crippen molar-refractivity contribution in [3.05, 3.63) is 17.0 Å². The number of carbonyl (C=O) groups is 1. The van der Waals surface area contributed by atoms with E-state index in [2.05, 4.69) is 15.3 Å². The molecule has 0 atom stereocenters. The number of nitrogens with one attached hydrogen (secondary N) is 1. The molecule has 0 unspecified atom stereocenters. The van der Waals surface area contributed by atoms with Gasteiger partial charge in [0.1, 0.15) is 11.0 Å². The average molecular weight is 323 g/mol. The van der Waals surface area contributed by atoms with E-state index < -0.39 is 12.0 Å². The van der Waals surface area contributed by atoms with Gasteiger partial charge in [0.05, 0.1) is 0 Å². The van der Waals surface area contributed by atoms with Gasteiger partial charge in [-0.2, -0.15) is 13.2 Å². The zero-order valence-corrected chi connectivity index (χ0v) is 11.8. The van der Waals surface area contributed by atoms with Crippen LogP contribution in [0.4, 0.5) is 19.0 Å². The van der Waals surface area contributed by atoms with Crippen LogP contribution in [0.3, 0.4) is 0 Å². The predicted octanol–water partition coefficient (Wildman–Crippen LogP) is 2.57. The largest absolute Gasteiger partial charge is 0.451 e. The SMILES string of the molecule is O=C(CCNc1cc(Cl)nc(C(F)(F)F)n1)N1CCCC1. The summed E-state index contributed by atoms with van der Waals surface area (Å²) in [6.07, 6.45) is -2.47. The first-order chi connectivity index (χ1) is 9.86. The van der Waals surface area contributed by atoms with Gasteiger partial charge in [-0.15, -0.1) is 0 Å². The number of hydrogen-bond acceptors (Lipinski definition) is 4. The molecule has 1 aromatic heterocycles. The maximum atomic E-state index is 12.5. The highest BCUT2D eigenvalue weighted by Gasteiger charge is 2.35. The van der Waals surface area contributed by atoms with Gasteiger partial charge in [0.25, 0.3) is 0 Å². The Bertz CT molecular complexity index is 518. The van der Waals surface area contributed by atoms with Crippen LogP contribution in [0.25, 0.3) is 0 Å². The molecule has 116 valence electrons. The Kier molecular flexibility index (Phi) is 4.87.